The number of cyclic esters (lactones) is 1. The highest BCUT2D eigenvalue weighted by atomic mass is 19.3. The molecule has 36 heavy (non-hydrogen) atoms. The van der Waals surface area contributed by atoms with Crippen LogP contribution in [0.4, 0.5) is 18.0 Å². The number of nitrogens with one attached hydrogen (secondary N) is 2. The topological polar surface area (TPSA) is 155 Å². The lowest BCUT2D eigenvalue weighted by Gasteiger charge is -2.38. The standard InChI is InChI=1S/C21H30F3N7O5/c1-21(30-12-14(36-20(30)34)11-27-19(33)18(23)24)3-2-16(15(22)9-21)29-4-5-31(35-7-6-29)17(32)8-13(10-25)28-26/h2,9-10,14,18,28H,3-8,11-12,25-26H2,1H3,(H,27,33)/b13-10-/t14-,21?/m0/s1. The van der Waals surface area contributed by atoms with Gasteiger partial charge in [-0.1, -0.05) is 6.08 Å². The highest BCUT2D eigenvalue weighted by Gasteiger charge is 2.44. The summed E-state index contributed by atoms with van der Waals surface area (Å²) in [4.78, 5) is 44.4. The Morgan fingerprint density at radius 2 is 2.08 bits per heavy atom. The molecule has 0 radical (unpaired) electrons. The van der Waals surface area contributed by atoms with Crippen molar-refractivity contribution in [2.45, 2.75) is 37.8 Å². The summed E-state index contributed by atoms with van der Waals surface area (Å²) < 4.78 is 45.2. The van der Waals surface area contributed by atoms with E-state index >= 15 is 4.39 Å². The number of hydroxylamine groups is 2. The second-order valence-corrected chi connectivity index (χ2v) is 8.63. The molecule has 1 unspecified atom stereocenters. The molecule has 12 nitrogen and oxygen atoms in total. The molecule has 2 aliphatic heterocycles. The molecule has 15 heteroatoms. The van der Waals surface area contributed by atoms with Crippen LogP contribution in [0.15, 0.2) is 35.6 Å². The van der Waals surface area contributed by atoms with E-state index in [9.17, 15) is 23.2 Å². The summed E-state index contributed by atoms with van der Waals surface area (Å²) >= 11 is 0. The molecule has 0 aromatic rings. The number of hydrogen-bond donors (Lipinski definition) is 4. The van der Waals surface area contributed by atoms with Gasteiger partial charge in [0.1, 0.15) is 11.9 Å². The van der Waals surface area contributed by atoms with Crippen LogP contribution in [-0.2, 0) is 19.2 Å². The molecule has 0 saturated carbocycles. The second-order valence-electron chi connectivity index (χ2n) is 8.63. The van der Waals surface area contributed by atoms with Gasteiger partial charge in [0.05, 0.1) is 49.6 Å². The Morgan fingerprint density at radius 3 is 2.72 bits per heavy atom. The van der Waals surface area contributed by atoms with Gasteiger partial charge in [-0.3, -0.25) is 25.2 Å². The molecule has 2 saturated heterocycles. The number of amides is 3. The number of carbonyl (C=O) groups is 3. The SMILES string of the molecule is CC1(N2C[C@H](CNC(=O)C(F)F)OC2=O)C=C(F)C(N2CCON(C(=O)C/C(=C/N)NN)CC2)=CC1. The Labute approximate surface area is 205 Å². The highest BCUT2D eigenvalue weighted by molar-refractivity contribution is 5.79. The van der Waals surface area contributed by atoms with E-state index in [1.807, 2.05) is 5.32 Å². The number of rotatable bonds is 8. The molecule has 2 heterocycles. The fraction of sp³-hybridized carbons (Fsp3) is 0.571. The van der Waals surface area contributed by atoms with Crippen molar-refractivity contribution in [3.63, 3.8) is 0 Å². The van der Waals surface area contributed by atoms with Crippen LogP contribution < -0.4 is 22.3 Å². The van der Waals surface area contributed by atoms with Crippen LogP contribution in [0.5, 0.6) is 0 Å². The highest BCUT2D eigenvalue weighted by Crippen LogP contribution is 2.35. The number of alkyl halides is 2. The first-order valence-electron chi connectivity index (χ1n) is 11.3. The van der Waals surface area contributed by atoms with Gasteiger partial charge in [-0.2, -0.15) is 8.78 Å². The third-order valence-corrected chi connectivity index (χ3v) is 6.11. The van der Waals surface area contributed by atoms with Crippen LogP contribution in [-0.4, -0.2) is 90.2 Å². The number of hydrogen-bond acceptors (Lipinski definition) is 9. The van der Waals surface area contributed by atoms with Gasteiger partial charge in [-0.15, -0.1) is 0 Å². The third-order valence-electron chi connectivity index (χ3n) is 6.11. The van der Waals surface area contributed by atoms with Crippen LogP contribution in [0.25, 0.3) is 0 Å². The first-order valence-corrected chi connectivity index (χ1v) is 11.3. The maximum atomic E-state index is 15.3. The van der Waals surface area contributed by atoms with E-state index in [2.05, 4.69) is 5.43 Å². The van der Waals surface area contributed by atoms with Crippen molar-refractivity contribution >= 4 is 17.9 Å². The van der Waals surface area contributed by atoms with E-state index in [4.69, 9.17) is 21.2 Å². The van der Waals surface area contributed by atoms with Gasteiger partial charge in [0.25, 0.3) is 11.8 Å². The molecule has 0 spiro atoms. The van der Waals surface area contributed by atoms with Crippen LogP contribution in [0.2, 0.25) is 0 Å². The van der Waals surface area contributed by atoms with Gasteiger partial charge in [0.2, 0.25) is 0 Å². The summed E-state index contributed by atoms with van der Waals surface area (Å²) in [6.45, 7) is 2.30. The predicted octanol–water partition coefficient (Wildman–Crippen LogP) is -0.182. The third kappa shape index (κ3) is 6.20. The number of carbonyl (C=O) groups excluding carboxylic acids is 3. The zero-order valence-electron chi connectivity index (χ0n) is 19.7. The van der Waals surface area contributed by atoms with Crippen molar-refractivity contribution in [1.29, 1.82) is 0 Å². The summed E-state index contributed by atoms with van der Waals surface area (Å²) in [6, 6.07) is 0. The van der Waals surface area contributed by atoms with Crippen LogP contribution in [0, 0.1) is 0 Å². The Balaban J connectivity index is 1.59. The van der Waals surface area contributed by atoms with E-state index in [0.717, 1.165) is 0 Å². The van der Waals surface area contributed by atoms with Crippen molar-refractivity contribution in [3.8, 4) is 0 Å². The summed E-state index contributed by atoms with van der Waals surface area (Å²) in [5, 5.41) is 3.20. The summed E-state index contributed by atoms with van der Waals surface area (Å²) in [5.41, 5.74) is 7.30. The Morgan fingerprint density at radius 1 is 1.33 bits per heavy atom. The molecule has 0 aromatic carbocycles. The largest absolute Gasteiger partial charge is 0.442 e. The van der Waals surface area contributed by atoms with Crippen LogP contribution in [0.3, 0.4) is 0 Å². The zero-order valence-corrected chi connectivity index (χ0v) is 19.7. The zero-order chi connectivity index (χ0) is 26.5. The van der Waals surface area contributed by atoms with Gasteiger partial charge in [-0.25, -0.2) is 14.2 Å². The number of halogens is 3. The molecule has 1 aliphatic carbocycles. The Kier molecular flexibility index (Phi) is 8.68. The van der Waals surface area contributed by atoms with Gasteiger partial charge in [0, 0.05) is 19.3 Å². The van der Waals surface area contributed by atoms with Gasteiger partial charge in [-0.05, 0) is 19.4 Å². The van der Waals surface area contributed by atoms with Crippen molar-refractivity contribution < 1.29 is 37.1 Å². The number of allylic oxidation sites excluding steroid dienone is 1. The fourth-order valence-electron chi connectivity index (χ4n) is 4.11. The average Bonchev–Trinajstić information content (AvgIpc) is 3.06. The smallest absolute Gasteiger partial charge is 0.411 e. The molecule has 2 fully saturated rings. The molecule has 3 aliphatic rings. The average molecular weight is 518 g/mol. The lowest BCUT2D eigenvalue weighted by atomic mass is 9.89. The molecule has 200 valence electrons. The molecular weight excluding hydrogens is 487 g/mol. The second kappa shape index (κ2) is 11.5. The van der Waals surface area contributed by atoms with E-state index in [0.29, 0.717) is 24.5 Å². The molecule has 6 N–H and O–H groups in total. The minimum absolute atomic E-state index is 0.00266. The molecule has 0 bridgehead atoms. The molecule has 3 amide bonds. The van der Waals surface area contributed by atoms with Crippen LogP contribution >= 0.6 is 0 Å². The van der Waals surface area contributed by atoms with Crippen molar-refractivity contribution in [3.05, 3.63) is 35.6 Å². The van der Waals surface area contributed by atoms with Crippen LogP contribution in [0.1, 0.15) is 19.8 Å². The molecular formula is C21H30F3N7O5. The van der Waals surface area contributed by atoms with Gasteiger partial charge in [0.15, 0.2) is 0 Å². The maximum absolute atomic E-state index is 15.3. The Hall–Kier alpha value is -3.46. The fourth-order valence-corrected chi connectivity index (χ4v) is 4.11. The van der Waals surface area contributed by atoms with E-state index < -0.39 is 35.9 Å². The van der Waals surface area contributed by atoms with E-state index in [1.54, 1.807) is 17.9 Å². The minimum atomic E-state index is -3.17. The first kappa shape index (κ1) is 27.1. The number of nitrogens with two attached hydrogens (primary N) is 2. The predicted molar refractivity (Wildman–Crippen MR) is 120 cm³/mol. The van der Waals surface area contributed by atoms with E-state index in [-0.39, 0.29) is 45.0 Å². The van der Waals surface area contributed by atoms with Crippen molar-refractivity contribution in [2.75, 3.05) is 39.3 Å². The van der Waals surface area contributed by atoms with Crippen molar-refractivity contribution in [2.24, 2.45) is 11.6 Å². The molecule has 0 aromatic heterocycles. The molecule has 2 atom stereocenters. The normalized spacial score (nSPS) is 25.3. The number of nitrogens with zero attached hydrogens (tertiary/aromatic N) is 3. The quantitative estimate of drug-likeness (QED) is 0.253. The van der Waals surface area contributed by atoms with Gasteiger partial charge >= 0.3 is 12.5 Å². The van der Waals surface area contributed by atoms with Gasteiger partial charge < -0.3 is 26.1 Å². The Bertz CT molecular complexity index is 960. The number of hydrazine groups is 1. The summed E-state index contributed by atoms with van der Waals surface area (Å²) in [5.74, 6) is 2.92. The van der Waals surface area contributed by atoms with Crippen molar-refractivity contribution in [1.82, 2.24) is 25.6 Å². The van der Waals surface area contributed by atoms with E-state index in [1.165, 1.54) is 22.2 Å². The monoisotopic (exact) mass is 517 g/mol. The minimum Gasteiger partial charge on any atom is -0.442 e. The lowest BCUT2D eigenvalue weighted by Crippen LogP contribution is -2.48. The number of ether oxygens (including phenoxy) is 1. The summed E-state index contributed by atoms with van der Waals surface area (Å²) in [6.07, 6.45) is -0.423. The maximum Gasteiger partial charge on any atom is 0.411 e. The lowest BCUT2D eigenvalue weighted by molar-refractivity contribution is -0.181. The summed E-state index contributed by atoms with van der Waals surface area (Å²) in [7, 11) is 0. The first-order chi connectivity index (χ1) is 17.1. The molecule has 3 rings (SSSR count).